The number of carbonyl (C=O) groups excluding carboxylic acids is 2. The normalized spacial score (nSPS) is 15.7. The van der Waals surface area contributed by atoms with Gasteiger partial charge in [-0.25, -0.2) is 8.78 Å². The van der Waals surface area contributed by atoms with Gasteiger partial charge in [0.1, 0.15) is 0 Å². The molecule has 0 saturated carbocycles. The van der Waals surface area contributed by atoms with Gasteiger partial charge < -0.3 is 9.80 Å². The maximum Gasteiger partial charge on any atom is 0.254 e. The second-order valence-electron chi connectivity index (χ2n) is 7.83. The molecule has 6 heteroatoms. The van der Waals surface area contributed by atoms with E-state index in [9.17, 15) is 18.4 Å². The Hall–Kier alpha value is -3.28. The van der Waals surface area contributed by atoms with Crippen molar-refractivity contribution in [3.8, 4) is 0 Å². The minimum absolute atomic E-state index is 0.0366. The largest absolute Gasteiger partial charge is 0.335 e. The summed E-state index contributed by atoms with van der Waals surface area (Å²) < 4.78 is 26.6. The predicted octanol–water partition coefficient (Wildman–Crippen LogP) is 3.81. The van der Waals surface area contributed by atoms with E-state index in [0.717, 1.165) is 30.4 Å². The van der Waals surface area contributed by atoms with Gasteiger partial charge in [0.25, 0.3) is 11.8 Å². The molecule has 0 bridgehead atoms. The summed E-state index contributed by atoms with van der Waals surface area (Å²) in [5.41, 5.74) is 3.39. The van der Waals surface area contributed by atoms with Crippen molar-refractivity contribution in [1.29, 1.82) is 0 Å². The van der Waals surface area contributed by atoms with Gasteiger partial charge in [0.05, 0.1) is 0 Å². The maximum absolute atomic E-state index is 13.5. The Morgan fingerprint density at radius 1 is 0.733 bits per heavy atom. The zero-order valence-corrected chi connectivity index (χ0v) is 16.3. The summed E-state index contributed by atoms with van der Waals surface area (Å²) in [4.78, 5) is 29.1. The average Bonchev–Trinajstić information content (AvgIpc) is 3.20. The van der Waals surface area contributed by atoms with Gasteiger partial charge in [-0.3, -0.25) is 9.59 Å². The molecule has 0 N–H and O–H groups in total. The van der Waals surface area contributed by atoms with Gasteiger partial charge in [-0.2, -0.15) is 0 Å². The molecule has 4 nitrogen and oxygen atoms in total. The number of aryl methyl sites for hydroxylation is 2. The summed E-state index contributed by atoms with van der Waals surface area (Å²) in [5, 5.41) is 2.20. The first-order chi connectivity index (χ1) is 14.5. The van der Waals surface area contributed by atoms with Crippen LogP contribution in [0.25, 0.3) is 10.8 Å². The quantitative estimate of drug-likeness (QED) is 0.649. The van der Waals surface area contributed by atoms with E-state index in [2.05, 4.69) is 12.1 Å². The van der Waals surface area contributed by atoms with Crippen LogP contribution in [0.1, 0.15) is 31.8 Å². The van der Waals surface area contributed by atoms with E-state index < -0.39 is 11.6 Å². The SMILES string of the molecule is O=C(c1ccc(F)c(F)c1)N1CCN(C(=O)c2ccc3c4c(cccc24)CC3)CC1. The van der Waals surface area contributed by atoms with Crippen LogP contribution >= 0.6 is 0 Å². The molecule has 1 aliphatic heterocycles. The second-order valence-corrected chi connectivity index (χ2v) is 7.83. The monoisotopic (exact) mass is 406 g/mol. The van der Waals surface area contributed by atoms with Crippen molar-refractivity contribution in [2.45, 2.75) is 12.8 Å². The number of hydrogen-bond acceptors (Lipinski definition) is 2. The lowest BCUT2D eigenvalue weighted by Gasteiger charge is -2.35. The van der Waals surface area contributed by atoms with E-state index in [1.165, 1.54) is 22.6 Å². The number of piperazine rings is 1. The van der Waals surface area contributed by atoms with Gasteiger partial charge in [-0.15, -0.1) is 0 Å². The molecule has 30 heavy (non-hydrogen) atoms. The van der Waals surface area contributed by atoms with E-state index in [-0.39, 0.29) is 17.4 Å². The highest BCUT2D eigenvalue weighted by molar-refractivity contribution is 6.09. The Bertz CT molecular complexity index is 1170. The van der Waals surface area contributed by atoms with Crippen molar-refractivity contribution in [1.82, 2.24) is 9.80 Å². The molecule has 1 heterocycles. The second kappa shape index (κ2) is 7.20. The van der Waals surface area contributed by atoms with Crippen LogP contribution < -0.4 is 0 Å². The summed E-state index contributed by atoms with van der Waals surface area (Å²) in [6.07, 6.45) is 2.02. The lowest BCUT2D eigenvalue weighted by molar-refractivity contribution is 0.0536. The van der Waals surface area contributed by atoms with Crippen molar-refractivity contribution in [3.05, 3.63) is 82.4 Å². The molecule has 2 amide bonds. The summed E-state index contributed by atoms with van der Waals surface area (Å²) in [6.45, 7) is 1.50. The van der Waals surface area contributed by atoms with E-state index >= 15 is 0 Å². The molecular weight excluding hydrogens is 386 g/mol. The van der Waals surface area contributed by atoms with Crippen molar-refractivity contribution >= 4 is 22.6 Å². The van der Waals surface area contributed by atoms with Gasteiger partial charge in [-0.1, -0.05) is 24.3 Å². The van der Waals surface area contributed by atoms with E-state index in [1.54, 1.807) is 9.80 Å². The third kappa shape index (κ3) is 3.03. The molecule has 2 aliphatic rings. The predicted molar refractivity (Wildman–Crippen MR) is 110 cm³/mol. The van der Waals surface area contributed by atoms with Gasteiger partial charge in [0, 0.05) is 37.3 Å². The van der Waals surface area contributed by atoms with Crippen LogP contribution in [0.3, 0.4) is 0 Å². The van der Waals surface area contributed by atoms with Crippen LogP contribution in [0.2, 0.25) is 0 Å². The van der Waals surface area contributed by atoms with Crippen LogP contribution in [0, 0.1) is 11.6 Å². The number of benzene rings is 3. The Morgan fingerprint density at radius 3 is 2.10 bits per heavy atom. The van der Waals surface area contributed by atoms with E-state index in [4.69, 9.17) is 0 Å². The number of amides is 2. The summed E-state index contributed by atoms with van der Waals surface area (Å²) in [6, 6.07) is 13.2. The van der Waals surface area contributed by atoms with Crippen LogP contribution in [0.4, 0.5) is 8.78 Å². The fraction of sp³-hybridized carbons (Fsp3) is 0.250. The fourth-order valence-corrected chi connectivity index (χ4v) is 4.53. The smallest absolute Gasteiger partial charge is 0.254 e. The van der Waals surface area contributed by atoms with Crippen molar-refractivity contribution in [2.75, 3.05) is 26.2 Å². The van der Waals surface area contributed by atoms with Gasteiger partial charge in [0.15, 0.2) is 11.6 Å². The molecule has 152 valence electrons. The Morgan fingerprint density at radius 2 is 1.40 bits per heavy atom. The van der Waals surface area contributed by atoms with Gasteiger partial charge in [-0.05, 0) is 59.0 Å². The zero-order chi connectivity index (χ0) is 20.8. The van der Waals surface area contributed by atoms with Crippen molar-refractivity contribution in [2.24, 2.45) is 0 Å². The van der Waals surface area contributed by atoms with E-state index in [1.807, 2.05) is 18.2 Å². The Kier molecular flexibility index (Phi) is 4.50. The van der Waals surface area contributed by atoms with Crippen LogP contribution in [-0.2, 0) is 12.8 Å². The summed E-state index contributed by atoms with van der Waals surface area (Å²) >= 11 is 0. The molecule has 1 saturated heterocycles. The first-order valence-electron chi connectivity index (χ1n) is 10.1. The highest BCUT2D eigenvalue weighted by atomic mass is 19.2. The molecule has 0 radical (unpaired) electrons. The van der Waals surface area contributed by atoms with Crippen LogP contribution in [0.5, 0.6) is 0 Å². The summed E-state index contributed by atoms with van der Waals surface area (Å²) in [5.74, 6) is -2.41. The first kappa shape index (κ1) is 18.7. The van der Waals surface area contributed by atoms with Crippen molar-refractivity contribution < 1.29 is 18.4 Å². The highest BCUT2D eigenvalue weighted by Gasteiger charge is 2.27. The Balaban J connectivity index is 1.33. The van der Waals surface area contributed by atoms with Crippen molar-refractivity contribution in [3.63, 3.8) is 0 Å². The molecule has 0 spiro atoms. The number of hydrogen-bond donors (Lipinski definition) is 0. The average molecular weight is 406 g/mol. The molecule has 5 rings (SSSR count). The molecule has 3 aromatic rings. The molecular formula is C24H20F2N2O2. The first-order valence-corrected chi connectivity index (χ1v) is 10.1. The van der Waals surface area contributed by atoms with Gasteiger partial charge >= 0.3 is 0 Å². The highest BCUT2D eigenvalue weighted by Crippen LogP contribution is 2.33. The standard InChI is InChI=1S/C24H20F2N2O2/c25-20-9-7-17(14-21(20)26)23(29)27-10-12-28(13-11-27)24(30)19-8-6-16-5-4-15-2-1-3-18(19)22(15)16/h1-3,6-9,14H,4-5,10-13H2. The number of nitrogens with zero attached hydrogens (tertiary/aromatic N) is 2. The molecule has 0 unspecified atom stereocenters. The molecule has 0 aromatic heterocycles. The molecule has 3 aromatic carbocycles. The minimum Gasteiger partial charge on any atom is -0.335 e. The number of carbonyl (C=O) groups is 2. The van der Waals surface area contributed by atoms with Crippen LogP contribution in [0.15, 0.2) is 48.5 Å². The minimum atomic E-state index is -1.04. The lowest BCUT2D eigenvalue weighted by Crippen LogP contribution is -2.50. The van der Waals surface area contributed by atoms with Crippen LogP contribution in [-0.4, -0.2) is 47.8 Å². The topological polar surface area (TPSA) is 40.6 Å². The summed E-state index contributed by atoms with van der Waals surface area (Å²) in [7, 11) is 0. The number of halogens is 2. The maximum atomic E-state index is 13.5. The molecule has 0 atom stereocenters. The Labute approximate surface area is 172 Å². The van der Waals surface area contributed by atoms with Gasteiger partial charge in [0.2, 0.25) is 0 Å². The third-order valence-corrected chi connectivity index (χ3v) is 6.13. The third-order valence-electron chi connectivity index (χ3n) is 6.13. The van der Waals surface area contributed by atoms with E-state index in [0.29, 0.717) is 31.7 Å². The number of rotatable bonds is 2. The molecule has 1 fully saturated rings. The lowest BCUT2D eigenvalue weighted by atomic mass is 9.99. The zero-order valence-electron chi connectivity index (χ0n) is 16.3. The fourth-order valence-electron chi connectivity index (χ4n) is 4.53. The molecule has 1 aliphatic carbocycles.